The van der Waals surface area contributed by atoms with Crippen LogP contribution in [-0.4, -0.2) is 40.1 Å². The normalized spacial score (nSPS) is 15.1. The predicted molar refractivity (Wildman–Crippen MR) is 116 cm³/mol. The van der Waals surface area contributed by atoms with E-state index in [1.165, 1.54) is 12.1 Å². The van der Waals surface area contributed by atoms with Gasteiger partial charge in [0.15, 0.2) is 0 Å². The fraction of sp³-hybridized carbons (Fsp3) is 0.261. The molecule has 0 amide bonds. The summed E-state index contributed by atoms with van der Waals surface area (Å²) in [7, 11) is 0. The van der Waals surface area contributed by atoms with Gasteiger partial charge < -0.3 is 19.7 Å². The molecule has 1 aliphatic heterocycles. The number of rotatable bonds is 6. The largest absolute Gasteiger partial charge is 0.462 e. The molecular formula is C23H23FN4O3. The van der Waals surface area contributed by atoms with E-state index in [0.29, 0.717) is 30.0 Å². The van der Waals surface area contributed by atoms with Crippen LogP contribution in [0.2, 0.25) is 0 Å². The summed E-state index contributed by atoms with van der Waals surface area (Å²) < 4.78 is 20.4. The van der Waals surface area contributed by atoms with Gasteiger partial charge in [-0.3, -0.25) is 4.99 Å². The fourth-order valence-electron chi connectivity index (χ4n) is 3.54. The lowest BCUT2D eigenvalue weighted by molar-refractivity contribution is 0.0526. The minimum atomic E-state index is -0.750. The molecule has 0 saturated carbocycles. The van der Waals surface area contributed by atoms with Gasteiger partial charge in [-0.15, -0.1) is 0 Å². The van der Waals surface area contributed by atoms with Crippen LogP contribution in [0.15, 0.2) is 53.8 Å². The maximum absolute atomic E-state index is 13.3. The number of imidazole rings is 1. The topological polar surface area (TPSA) is 88.7 Å². The quantitative estimate of drug-likeness (QED) is 0.593. The van der Waals surface area contributed by atoms with Crippen molar-refractivity contribution < 1.29 is 19.0 Å². The van der Waals surface area contributed by atoms with Crippen LogP contribution < -0.4 is 5.32 Å². The second kappa shape index (κ2) is 9.09. The Balaban J connectivity index is 1.62. The van der Waals surface area contributed by atoms with Crippen molar-refractivity contribution >= 4 is 18.1 Å². The van der Waals surface area contributed by atoms with Crippen molar-refractivity contribution in [3.05, 3.63) is 71.4 Å². The van der Waals surface area contributed by atoms with Gasteiger partial charge in [0, 0.05) is 6.54 Å². The summed E-state index contributed by atoms with van der Waals surface area (Å²) in [5.74, 6) is -0.0104. The third kappa shape index (κ3) is 4.64. The van der Waals surface area contributed by atoms with Crippen molar-refractivity contribution in [2.75, 3.05) is 18.5 Å². The van der Waals surface area contributed by atoms with Crippen LogP contribution in [0.1, 0.15) is 34.6 Å². The average Bonchev–Trinajstić information content (AvgIpc) is 3.09. The van der Waals surface area contributed by atoms with Gasteiger partial charge in [-0.25, -0.2) is 14.2 Å². The van der Waals surface area contributed by atoms with Crippen molar-refractivity contribution in [1.82, 2.24) is 9.55 Å². The summed E-state index contributed by atoms with van der Waals surface area (Å²) in [6.07, 6.45) is 3.09. The lowest BCUT2D eigenvalue weighted by Crippen LogP contribution is -2.09. The van der Waals surface area contributed by atoms with Gasteiger partial charge in [0.05, 0.1) is 31.4 Å². The van der Waals surface area contributed by atoms with Crippen molar-refractivity contribution in [3.63, 3.8) is 0 Å². The maximum Gasteiger partial charge on any atom is 0.338 e. The third-order valence-electron chi connectivity index (χ3n) is 5.08. The molecule has 8 heteroatoms. The van der Waals surface area contributed by atoms with E-state index in [1.807, 2.05) is 16.7 Å². The zero-order valence-corrected chi connectivity index (χ0v) is 17.1. The number of nitrogens with one attached hydrogen (secondary N) is 1. The molecule has 1 unspecified atom stereocenters. The highest BCUT2D eigenvalue weighted by molar-refractivity contribution is 5.91. The Kier molecular flexibility index (Phi) is 6.08. The van der Waals surface area contributed by atoms with Gasteiger partial charge in [-0.2, -0.15) is 0 Å². The molecule has 160 valence electrons. The predicted octanol–water partition coefficient (Wildman–Crippen LogP) is 3.60. The number of ether oxygens (including phenoxy) is 1. The molecule has 2 heterocycles. The Morgan fingerprint density at radius 1 is 1.26 bits per heavy atom. The molecule has 2 N–H and O–H groups in total. The molecule has 0 spiro atoms. The Hall–Kier alpha value is -3.52. The van der Waals surface area contributed by atoms with E-state index in [2.05, 4.69) is 15.3 Å². The Morgan fingerprint density at radius 3 is 2.84 bits per heavy atom. The molecule has 1 aliphatic rings. The number of aryl methyl sites for hydroxylation is 2. The van der Waals surface area contributed by atoms with Crippen LogP contribution in [-0.2, 0) is 17.7 Å². The summed E-state index contributed by atoms with van der Waals surface area (Å²) >= 11 is 0. The molecule has 1 aromatic heterocycles. The summed E-state index contributed by atoms with van der Waals surface area (Å²) in [5, 5.41) is 13.2. The van der Waals surface area contributed by atoms with Crippen LogP contribution in [0.4, 0.5) is 10.2 Å². The van der Waals surface area contributed by atoms with Gasteiger partial charge in [-0.1, -0.05) is 18.2 Å². The number of hydrogen-bond donors (Lipinski definition) is 2. The fourth-order valence-corrected chi connectivity index (χ4v) is 3.54. The number of nitrogens with zero attached hydrogens (tertiary/aromatic N) is 3. The first-order valence-corrected chi connectivity index (χ1v) is 10.1. The first-order valence-electron chi connectivity index (χ1n) is 10.1. The van der Waals surface area contributed by atoms with E-state index in [1.54, 1.807) is 37.8 Å². The maximum atomic E-state index is 13.3. The number of halogens is 1. The number of benzene rings is 2. The summed E-state index contributed by atoms with van der Waals surface area (Å²) in [6, 6.07) is 11.7. The van der Waals surface area contributed by atoms with E-state index in [9.17, 15) is 14.3 Å². The highest BCUT2D eigenvalue weighted by atomic mass is 19.1. The summed E-state index contributed by atoms with van der Waals surface area (Å²) in [4.78, 5) is 20.8. The standard InChI is InChI=1S/C23H23FN4O3/c1-2-31-23(30)18-10-15(9-17(11-18)16-3-5-19(24)6-4-16)7-8-28-14-27-21-20(29)12-25-13-26-22(21)28/h3-6,9-11,13-14,20,29H,2,7-8,12H2,1H3,(H,25,26). The Bertz CT molecular complexity index is 1110. The molecule has 0 radical (unpaired) electrons. The third-order valence-corrected chi connectivity index (χ3v) is 5.08. The van der Waals surface area contributed by atoms with Crippen LogP contribution in [0.3, 0.4) is 0 Å². The molecule has 7 nitrogen and oxygen atoms in total. The smallest absolute Gasteiger partial charge is 0.338 e. The van der Waals surface area contributed by atoms with Crippen LogP contribution >= 0.6 is 0 Å². The number of carbonyl (C=O) groups excluding carboxylic acids is 1. The lowest BCUT2D eigenvalue weighted by atomic mass is 9.98. The molecular weight excluding hydrogens is 399 g/mol. The number of fused-ring (bicyclic) bond motifs is 1. The van der Waals surface area contributed by atoms with Crippen LogP contribution in [0.5, 0.6) is 0 Å². The molecule has 0 aliphatic carbocycles. The molecule has 4 rings (SSSR count). The van der Waals surface area contributed by atoms with Crippen molar-refractivity contribution in [2.24, 2.45) is 4.99 Å². The summed E-state index contributed by atoms with van der Waals surface area (Å²) in [5.41, 5.74) is 3.56. The van der Waals surface area contributed by atoms with Gasteiger partial charge in [0.25, 0.3) is 0 Å². The zero-order chi connectivity index (χ0) is 21.8. The van der Waals surface area contributed by atoms with E-state index >= 15 is 0 Å². The van der Waals surface area contributed by atoms with Crippen LogP contribution in [0.25, 0.3) is 11.1 Å². The van der Waals surface area contributed by atoms with Crippen molar-refractivity contribution in [3.8, 4) is 11.1 Å². The van der Waals surface area contributed by atoms with Crippen molar-refractivity contribution in [1.29, 1.82) is 0 Å². The highest BCUT2D eigenvalue weighted by Gasteiger charge is 2.20. The summed E-state index contributed by atoms with van der Waals surface area (Å²) in [6.45, 7) is 2.88. The number of anilines is 1. The molecule has 0 fully saturated rings. The van der Waals surface area contributed by atoms with E-state index in [4.69, 9.17) is 4.74 Å². The SMILES string of the molecule is CCOC(=O)c1cc(CCn2cnc3c2NC=NCC3O)cc(-c2ccc(F)cc2)c1. The molecule has 0 bridgehead atoms. The Labute approximate surface area is 179 Å². The molecule has 31 heavy (non-hydrogen) atoms. The molecule has 0 saturated heterocycles. The second-order valence-electron chi connectivity index (χ2n) is 7.22. The van der Waals surface area contributed by atoms with Gasteiger partial charge in [0.1, 0.15) is 23.4 Å². The molecule has 2 aromatic carbocycles. The lowest BCUT2D eigenvalue weighted by Gasteiger charge is -2.12. The van der Waals surface area contributed by atoms with Gasteiger partial charge in [0.2, 0.25) is 0 Å². The van der Waals surface area contributed by atoms with Gasteiger partial charge >= 0.3 is 5.97 Å². The first kappa shape index (κ1) is 20.7. The van der Waals surface area contributed by atoms with Crippen LogP contribution in [0, 0.1) is 5.82 Å². The zero-order valence-electron chi connectivity index (χ0n) is 17.1. The Morgan fingerprint density at radius 2 is 2.06 bits per heavy atom. The minimum Gasteiger partial charge on any atom is -0.462 e. The van der Waals surface area contributed by atoms with Crippen molar-refractivity contribution in [2.45, 2.75) is 26.0 Å². The number of aliphatic imine (C=N–C) groups is 1. The molecule has 3 aromatic rings. The number of aliphatic hydroxyl groups is 1. The average molecular weight is 422 g/mol. The first-order chi connectivity index (χ1) is 15.0. The van der Waals surface area contributed by atoms with E-state index in [-0.39, 0.29) is 19.0 Å². The number of aromatic nitrogens is 2. The number of carbonyl (C=O) groups is 1. The minimum absolute atomic E-state index is 0.264. The second-order valence-corrected chi connectivity index (χ2v) is 7.22. The number of hydrogen-bond acceptors (Lipinski definition) is 6. The van der Waals surface area contributed by atoms with Gasteiger partial charge in [-0.05, 0) is 54.3 Å². The van der Waals surface area contributed by atoms with E-state index in [0.717, 1.165) is 16.7 Å². The van der Waals surface area contributed by atoms with E-state index < -0.39 is 12.1 Å². The number of aliphatic hydroxyl groups excluding tert-OH is 1. The number of esters is 1. The monoisotopic (exact) mass is 422 g/mol. The molecule has 1 atom stereocenters. The highest BCUT2D eigenvalue weighted by Crippen LogP contribution is 2.26.